The summed E-state index contributed by atoms with van der Waals surface area (Å²) in [5, 5.41) is 10.5. The first-order valence-electron chi connectivity index (χ1n) is 6.83. The third-order valence-electron chi connectivity index (χ3n) is 3.02. The number of aliphatic carboxylic acids is 1. The van der Waals surface area contributed by atoms with E-state index in [9.17, 15) is 14.7 Å². The summed E-state index contributed by atoms with van der Waals surface area (Å²) in [5.41, 5.74) is 0.701. The molecule has 0 bridgehead atoms. The summed E-state index contributed by atoms with van der Waals surface area (Å²) in [5.74, 6) is -0.877. The molecule has 1 fully saturated rings. The highest BCUT2D eigenvalue weighted by Crippen LogP contribution is 2.34. The lowest BCUT2D eigenvalue weighted by atomic mass is 10.2. The summed E-state index contributed by atoms with van der Waals surface area (Å²) >= 11 is 6.39. The van der Waals surface area contributed by atoms with Gasteiger partial charge in [-0.3, -0.25) is 9.69 Å². The molecule has 8 heteroatoms. The Morgan fingerprint density at radius 3 is 2.83 bits per heavy atom. The zero-order valence-corrected chi connectivity index (χ0v) is 14.4. The monoisotopic (exact) mass is 364 g/mol. The Morgan fingerprint density at radius 1 is 1.46 bits per heavy atom. The predicted molar refractivity (Wildman–Crippen MR) is 93.6 cm³/mol. The number of thiocarbonyl (C=S) groups is 1. The van der Waals surface area contributed by atoms with Crippen LogP contribution in [0.5, 0.6) is 11.5 Å². The van der Waals surface area contributed by atoms with Gasteiger partial charge in [0.2, 0.25) is 0 Å². The molecule has 0 aromatic heterocycles. The number of amides is 1. The lowest BCUT2D eigenvalue weighted by Gasteiger charge is -2.12. The average Bonchev–Trinajstić information content (AvgIpc) is 2.81. The molecule has 1 saturated heterocycles. The molecule has 0 atom stereocenters. The predicted octanol–water partition coefficient (Wildman–Crippen LogP) is 1.21. The maximum atomic E-state index is 12.3. The maximum Gasteiger partial charge on any atom is 0.266 e. The van der Waals surface area contributed by atoms with Gasteiger partial charge in [0.25, 0.3) is 5.91 Å². The molecule has 0 unspecified atom stereocenters. The second-order valence-corrected chi connectivity index (χ2v) is 6.33. The van der Waals surface area contributed by atoms with Crippen molar-refractivity contribution >= 4 is 46.3 Å². The van der Waals surface area contributed by atoms with E-state index in [0.29, 0.717) is 27.1 Å². The molecule has 1 aliphatic heterocycles. The molecule has 0 saturated carbocycles. The molecule has 2 rings (SSSR count). The van der Waals surface area contributed by atoms with Crippen LogP contribution in [0, 0.1) is 0 Å². The molecular weight excluding hydrogens is 350 g/mol. The number of carboxylic acid groups (broad SMARTS) is 1. The number of carbonyl (C=O) groups is 2. The quantitative estimate of drug-likeness (QED) is 0.409. The van der Waals surface area contributed by atoms with Crippen LogP contribution < -0.4 is 14.6 Å². The highest BCUT2D eigenvalue weighted by molar-refractivity contribution is 8.26. The smallest absolute Gasteiger partial charge is 0.266 e. The molecule has 126 valence electrons. The minimum Gasteiger partial charge on any atom is -0.546 e. The van der Waals surface area contributed by atoms with Gasteiger partial charge in [-0.05, 0) is 23.8 Å². The first-order chi connectivity index (χ1) is 11.5. The van der Waals surface area contributed by atoms with Gasteiger partial charge in [-0.15, -0.1) is 6.58 Å². The van der Waals surface area contributed by atoms with E-state index < -0.39 is 12.6 Å². The van der Waals surface area contributed by atoms with Crippen LogP contribution in [0.1, 0.15) is 5.56 Å². The summed E-state index contributed by atoms with van der Waals surface area (Å²) in [6, 6.07) is 4.90. The van der Waals surface area contributed by atoms with E-state index in [2.05, 4.69) is 6.58 Å². The van der Waals surface area contributed by atoms with Crippen LogP contribution in [0.2, 0.25) is 0 Å². The van der Waals surface area contributed by atoms with Gasteiger partial charge >= 0.3 is 0 Å². The van der Waals surface area contributed by atoms with Gasteiger partial charge in [-0.1, -0.05) is 36.1 Å². The third-order valence-corrected chi connectivity index (χ3v) is 4.39. The Labute approximate surface area is 148 Å². The number of rotatable bonds is 7. The fourth-order valence-electron chi connectivity index (χ4n) is 1.97. The Bertz CT molecular complexity index is 729. The zero-order chi connectivity index (χ0) is 17.7. The van der Waals surface area contributed by atoms with Crippen molar-refractivity contribution in [2.45, 2.75) is 0 Å². The fourth-order valence-corrected chi connectivity index (χ4v) is 3.24. The van der Waals surface area contributed by atoms with Gasteiger partial charge in [-0.2, -0.15) is 0 Å². The van der Waals surface area contributed by atoms with Crippen molar-refractivity contribution in [1.82, 2.24) is 4.90 Å². The number of hydrogen-bond acceptors (Lipinski definition) is 7. The van der Waals surface area contributed by atoms with Crippen molar-refractivity contribution < 1.29 is 24.2 Å². The van der Waals surface area contributed by atoms with Crippen molar-refractivity contribution in [3.8, 4) is 11.5 Å². The van der Waals surface area contributed by atoms with Crippen LogP contribution in [0.4, 0.5) is 0 Å². The van der Waals surface area contributed by atoms with Crippen molar-refractivity contribution in [3.63, 3.8) is 0 Å². The van der Waals surface area contributed by atoms with E-state index >= 15 is 0 Å². The summed E-state index contributed by atoms with van der Waals surface area (Å²) in [4.78, 5) is 24.7. The van der Waals surface area contributed by atoms with Gasteiger partial charge in [0, 0.05) is 6.54 Å². The molecule has 6 nitrogen and oxygen atoms in total. The molecule has 1 aliphatic rings. The number of carboxylic acids is 1. The molecule has 1 heterocycles. The normalized spacial score (nSPS) is 15.7. The second kappa shape index (κ2) is 7.98. The fraction of sp³-hybridized carbons (Fsp3) is 0.188. The number of methoxy groups -OCH3 is 1. The molecule has 0 N–H and O–H groups in total. The van der Waals surface area contributed by atoms with Gasteiger partial charge < -0.3 is 19.4 Å². The number of benzene rings is 1. The number of hydrogen-bond donors (Lipinski definition) is 0. The van der Waals surface area contributed by atoms with Crippen LogP contribution >= 0.6 is 24.0 Å². The van der Waals surface area contributed by atoms with E-state index in [1.54, 1.807) is 30.4 Å². The number of carbonyl (C=O) groups excluding carboxylic acids is 2. The van der Waals surface area contributed by atoms with E-state index in [4.69, 9.17) is 21.7 Å². The van der Waals surface area contributed by atoms with E-state index in [-0.39, 0.29) is 11.7 Å². The Balaban J connectivity index is 2.23. The third kappa shape index (κ3) is 4.15. The number of ether oxygens (including phenoxy) is 2. The molecule has 0 spiro atoms. The average molecular weight is 364 g/mol. The SMILES string of the molecule is C=CCN1C(=O)/C(=C\c2ccc(OCC(=O)[O-])c(OC)c2)SC1=S. The van der Waals surface area contributed by atoms with Gasteiger partial charge in [0.1, 0.15) is 10.9 Å². The van der Waals surface area contributed by atoms with Crippen molar-refractivity contribution in [2.24, 2.45) is 0 Å². The van der Waals surface area contributed by atoms with E-state index in [1.807, 2.05) is 0 Å². The Morgan fingerprint density at radius 2 is 2.21 bits per heavy atom. The van der Waals surface area contributed by atoms with Crippen molar-refractivity contribution in [2.75, 3.05) is 20.3 Å². The lowest BCUT2D eigenvalue weighted by Crippen LogP contribution is -2.29. The van der Waals surface area contributed by atoms with Crippen LogP contribution in [0.3, 0.4) is 0 Å². The number of thioether (sulfide) groups is 1. The molecule has 1 amide bonds. The lowest BCUT2D eigenvalue weighted by molar-refractivity contribution is -0.307. The Kier molecular flexibility index (Phi) is 5.99. The highest BCUT2D eigenvalue weighted by Gasteiger charge is 2.30. The van der Waals surface area contributed by atoms with Crippen molar-refractivity contribution in [1.29, 1.82) is 0 Å². The second-order valence-electron chi connectivity index (χ2n) is 4.65. The van der Waals surface area contributed by atoms with Crippen molar-refractivity contribution in [3.05, 3.63) is 41.3 Å². The summed E-state index contributed by atoms with van der Waals surface area (Å²) in [7, 11) is 1.44. The van der Waals surface area contributed by atoms with Crippen LogP contribution in [-0.2, 0) is 9.59 Å². The largest absolute Gasteiger partial charge is 0.546 e. The minimum atomic E-state index is -1.33. The topological polar surface area (TPSA) is 78.9 Å². The minimum absolute atomic E-state index is 0.179. The standard InChI is InChI=1S/C16H15NO5S2/c1-3-6-17-15(20)13(24-16(17)23)8-10-4-5-11(12(7-10)21-2)22-9-14(18)19/h3-5,7-8H,1,6,9H2,2H3,(H,18,19)/p-1/b13-8+. The number of nitrogens with zero attached hydrogens (tertiary/aromatic N) is 1. The van der Waals surface area contributed by atoms with Gasteiger partial charge in [0.05, 0.1) is 18.0 Å². The molecule has 1 aromatic rings. The van der Waals surface area contributed by atoms with E-state index in [1.165, 1.54) is 23.8 Å². The zero-order valence-electron chi connectivity index (χ0n) is 12.8. The summed E-state index contributed by atoms with van der Waals surface area (Å²) < 4.78 is 10.7. The summed E-state index contributed by atoms with van der Waals surface area (Å²) in [6.07, 6.45) is 3.30. The molecule has 0 aliphatic carbocycles. The molecule has 24 heavy (non-hydrogen) atoms. The van der Waals surface area contributed by atoms with Crippen LogP contribution in [0.25, 0.3) is 6.08 Å². The molecule has 1 aromatic carbocycles. The van der Waals surface area contributed by atoms with E-state index in [0.717, 1.165) is 0 Å². The first-order valence-corrected chi connectivity index (χ1v) is 8.05. The first kappa shape index (κ1) is 18.0. The van der Waals surface area contributed by atoms with Crippen LogP contribution in [0.15, 0.2) is 35.8 Å². The Hall–Kier alpha value is -2.32. The summed E-state index contributed by atoms with van der Waals surface area (Å²) in [6.45, 7) is 3.39. The highest BCUT2D eigenvalue weighted by atomic mass is 32.2. The van der Waals surface area contributed by atoms with Crippen LogP contribution in [-0.4, -0.2) is 41.4 Å². The molecule has 0 radical (unpaired) electrons. The molecular formula is C16H14NO5S2-. The van der Waals surface area contributed by atoms with Gasteiger partial charge in [-0.25, -0.2) is 0 Å². The maximum absolute atomic E-state index is 12.3. The van der Waals surface area contributed by atoms with Gasteiger partial charge in [0.15, 0.2) is 11.5 Å².